The predicted molar refractivity (Wildman–Crippen MR) is 71.1 cm³/mol. The molecule has 0 aliphatic heterocycles. The number of thiazole rings is 1. The van der Waals surface area contributed by atoms with Gasteiger partial charge in [-0.1, -0.05) is 6.92 Å². The van der Waals surface area contributed by atoms with Gasteiger partial charge in [0.1, 0.15) is 5.01 Å². The second-order valence-corrected chi connectivity index (χ2v) is 6.31. The number of nitrogens with one attached hydrogen (secondary N) is 1. The molecular weight excluding hydrogens is 232 g/mol. The first-order valence-electron chi connectivity index (χ1n) is 6.44. The molecule has 2 N–H and O–H groups in total. The van der Waals surface area contributed by atoms with Crippen LogP contribution in [0.25, 0.3) is 0 Å². The Morgan fingerprint density at radius 1 is 1.59 bits per heavy atom. The first-order chi connectivity index (χ1) is 8.09. The van der Waals surface area contributed by atoms with E-state index in [4.69, 9.17) is 0 Å². The Bertz CT molecular complexity index is 331. The quantitative estimate of drug-likeness (QED) is 0.868. The Balaban J connectivity index is 1.81. The van der Waals surface area contributed by atoms with Crippen LogP contribution in [0, 0.1) is 5.92 Å². The first kappa shape index (κ1) is 13.0. The van der Waals surface area contributed by atoms with Crippen molar-refractivity contribution in [3.63, 3.8) is 0 Å². The van der Waals surface area contributed by atoms with Gasteiger partial charge in [0.2, 0.25) is 0 Å². The second kappa shape index (κ2) is 5.46. The minimum Gasteiger partial charge on any atom is -0.389 e. The third-order valence-electron chi connectivity index (χ3n) is 3.76. The van der Waals surface area contributed by atoms with Crippen molar-refractivity contribution in [1.82, 2.24) is 10.3 Å². The molecule has 0 amide bonds. The molecule has 1 aliphatic carbocycles. The lowest BCUT2D eigenvalue weighted by Crippen LogP contribution is -2.44. The van der Waals surface area contributed by atoms with Crippen LogP contribution in [0.4, 0.5) is 0 Å². The number of hydrogen-bond donors (Lipinski definition) is 2. The molecule has 1 aromatic heterocycles. The number of hydrogen-bond acceptors (Lipinski definition) is 4. The Labute approximate surface area is 107 Å². The minimum atomic E-state index is -0.502. The third-order valence-corrected chi connectivity index (χ3v) is 4.72. The average Bonchev–Trinajstić information content (AvgIpc) is 2.84. The smallest absolute Gasteiger partial charge is 0.109 e. The van der Waals surface area contributed by atoms with Crippen LogP contribution in [-0.4, -0.2) is 22.2 Å². The van der Waals surface area contributed by atoms with E-state index in [9.17, 15) is 5.11 Å². The lowest BCUT2D eigenvalue weighted by atomic mass is 9.79. The van der Waals surface area contributed by atoms with E-state index in [0.29, 0.717) is 6.54 Å². The average molecular weight is 254 g/mol. The Morgan fingerprint density at radius 3 is 2.88 bits per heavy atom. The Morgan fingerprint density at radius 2 is 2.29 bits per heavy atom. The highest BCUT2D eigenvalue weighted by molar-refractivity contribution is 7.09. The van der Waals surface area contributed by atoms with Crippen molar-refractivity contribution in [2.45, 2.75) is 51.2 Å². The van der Waals surface area contributed by atoms with Crippen molar-refractivity contribution in [3.05, 3.63) is 16.6 Å². The van der Waals surface area contributed by atoms with Crippen LogP contribution in [-0.2, 0) is 0 Å². The number of nitrogens with zero attached hydrogens (tertiary/aromatic N) is 1. The molecule has 1 atom stereocenters. The van der Waals surface area contributed by atoms with Gasteiger partial charge in [-0.3, -0.25) is 0 Å². The summed E-state index contributed by atoms with van der Waals surface area (Å²) in [6.45, 7) is 5.05. The van der Waals surface area contributed by atoms with Gasteiger partial charge in [0.25, 0.3) is 0 Å². The molecule has 0 aromatic carbocycles. The lowest BCUT2D eigenvalue weighted by Gasteiger charge is -2.35. The van der Waals surface area contributed by atoms with Crippen molar-refractivity contribution in [2.24, 2.45) is 5.92 Å². The molecule has 0 radical (unpaired) electrons. The summed E-state index contributed by atoms with van der Waals surface area (Å²) in [5.41, 5.74) is -0.502. The minimum absolute atomic E-state index is 0.235. The fourth-order valence-corrected chi connectivity index (χ4v) is 3.03. The van der Waals surface area contributed by atoms with Gasteiger partial charge in [0, 0.05) is 18.1 Å². The van der Waals surface area contributed by atoms with E-state index in [1.165, 1.54) is 0 Å². The van der Waals surface area contributed by atoms with Crippen molar-refractivity contribution in [3.8, 4) is 0 Å². The van der Waals surface area contributed by atoms with Crippen LogP contribution in [0.5, 0.6) is 0 Å². The number of aliphatic hydroxyl groups is 1. The Kier molecular flexibility index (Phi) is 4.17. The summed E-state index contributed by atoms with van der Waals surface area (Å²) >= 11 is 1.66. The van der Waals surface area contributed by atoms with Gasteiger partial charge in [-0.25, -0.2) is 4.98 Å². The molecule has 1 unspecified atom stereocenters. The van der Waals surface area contributed by atoms with Crippen molar-refractivity contribution >= 4 is 11.3 Å². The van der Waals surface area contributed by atoms with Crippen molar-refractivity contribution in [1.29, 1.82) is 0 Å². The zero-order chi connectivity index (χ0) is 12.3. The highest BCUT2D eigenvalue weighted by Crippen LogP contribution is 2.31. The van der Waals surface area contributed by atoms with Gasteiger partial charge in [-0.15, -0.1) is 11.3 Å². The molecular formula is C13H22N2OS. The molecule has 17 heavy (non-hydrogen) atoms. The third kappa shape index (κ3) is 3.50. The summed E-state index contributed by atoms with van der Waals surface area (Å²) in [6, 6.07) is 0.235. The molecule has 0 bridgehead atoms. The summed E-state index contributed by atoms with van der Waals surface area (Å²) in [4.78, 5) is 4.29. The monoisotopic (exact) mass is 254 g/mol. The van der Waals surface area contributed by atoms with E-state index in [0.717, 1.165) is 36.6 Å². The zero-order valence-electron chi connectivity index (χ0n) is 10.6. The fraction of sp³-hybridized carbons (Fsp3) is 0.769. The highest BCUT2D eigenvalue weighted by Gasteiger charge is 2.31. The number of aromatic nitrogens is 1. The van der Waals surface area contributed by atoms with E-state index in [2.05, 4.69) is 24.1 Å². The van der Waals surface area contributed by atoms with Gasteiger partial charge < -0.3 is 10.4 Å². The molecule has 0 saturated heterocycles. The van der Waals surface area contributed by atoms with E-state index < -0.39 is 5.60 Å². The van der Waals surface area contributed by atoms with E-state index in [1.807, 2.05) is 11.6 Å². The molecule has 1 aromatic rings. The standard InChI is InChI=1S/C13H22N2OS/c1-10-3-5-13(16,6-4-10)9-15-11(2)12-14-7-8-17-12/h7-8,10-11,15-16H,3-6,9H2,1-2H3. The summed E-state index contributed by atoms with van der Waals surface area (Å²) in [5, 5.41) is 16.9. The van der Waals surface area contributed by atoms with Crippen LogP contribution >= 0.6 is 11.3 Å². The molecule has 0 spiro atoms. The van der Waals surface area contributed by atoms with Gasteiger partial charge >= 0.3 is 0 Å². The van der Waals surface area contributed by atoms with Crippen molar-refractivity contribution in [2.75, 3.05) is 6.54 Å². The summed E-state index contributed by atoms with van der Waals surface area (Å²) in [5.74, 6) is 0.770. The molecule has 4 heteroatoms. The lowest BCUT2D eigenvalue weighted by molar-refractivity contribution is -0.00784. The largest absolute Gasteiger partial charge is 0.389 e. The predicted octanol–water partition coefficient (Wildman–Crippen LogP) is 2.73. The first-order valence-corrected chi connectivity index (χ1v) is 7.32. The summed E-state index contributed by atoms with van der Waals surface area (Å²) in [7, 11) is 0. The Hall–Kier alpha value is -0.450. The molecule has 3 nitrogen and oxygen atoms in total. The molecule has 2 rings (SSSR count). The molecule has 1 heterocycles. The summed E-state index contributed by atoms with van der Waals surface area (Å²) < 4.78 is 0. The molecule has 1 aliphatic rings. The van der Waals surface area contributed by atoms with E-state index in [-0.39, 0.29) is 6.04 Å². The van der Waals surface area contributed by atoms with Crippen molar-refractivity contribution < 1.29 is 5.11 Å². The molecule has 96 valence electrons. The van der Waals surface area contributed by atoms with Crippen LogP contribution in [0.3, 0.4) is 0 Å². The van der Waals surface area contributed by atoms with E-state index in [1.54, 1.807) is 11.3 Å². The van der Waals surface area contributed by atoms with Crippen LogP contribution in [0.1, 0.15) is 50.6 Å². The maximum absolute atomic E-state index is 10.5. The van der Waals surface area contributed by atoms with Gasteiger partial charge in [0.15, 0.2) is 0 Å². The normalized spacial score (nSPS) is 31.4. The van der Waals surface area contributed by atoms with Crippen LogP contribution in [0.15, 0.2) is 11.6 Å². The zero-order valence-corrected chi connectivity index (χ0v) is 11.5. The van der Waals surface area contributed by atoms with Gasteiger partial charge in [0.05, 0.1) is 11.6 Å². The molecule has 1 saturated carbocycles. The second-order valence-electron chi connectivity index (χ2n) is 5.38. The van der Waals surface area contributed by atoms with Gasteiger partial charge in [-0.2, -0.15) is 0 Å². The maximum Gasteiger partial charge on any atom is 0.109 e. The highest BCUT2D eigenvalue weighted by atomic mass is 32.1. The van der Waals surface area contributed by atoms with Gasteiger partial charge in [-0.05, 0) is 38.5 Å². The van der Waals surface area contributed by atoms with Crippen LogP contribution in [0.2, 0.25) is 0 Å². The SMILES string of the molecule is CC1CCC(O)(CNC(C)c2nccs2)CC1. The maximum atomic E-state index is 10.5. The fourth-order valence-electron chi connectivity index (χ4n) is 2.35. The molecule has 1 fully saturated rings. The van der Waals surface area contributed by atoms with E-state index >= 15 is 0 Å². The van der Waals surface area contributed by atoms with Crippen LogP contribution < -0.4 is 5.32 Å². The summed E-state index contributed by atoms with van der Waals surface area (Å²) in [6.07, 6.45) is 5.96. The topological polar surface area (TPSA) is 45.1 Å². The number of rotatable bonds is 4.